The summed E-state index contributed by atoms with van der Waals surface area (Å²) in [7, 11) is 0. The van der Waals surface area contributed by atoms with Crippen LogP contribution in [0.15, 0.2) is 30.9 Å². The maximum atomic E-state index is 13.5. The fraction of sp³-hybridized carbons (Fsp3) is 0.385. The molecule has 2 nitrogen and oxygen atoms in total. The van der Waals surface area contributed by atoms with Gasteiger partial charge in [-0.3, -0.25) is 0 Å². The zero-order chi connectivity index (χ0) is 12.0. The van der Waals surface area contributed by atoms with Crippen LogP contribution in [0.3, 0.4) is 0 Å². The van der Waals surface area contributed by atoms with Gasteiger partial charge >= 0.3 is 0 Å². The molecule has 0 spiro atoms. The Hall–Kier alpha value is -1.35. The first-order chi connectivity index (χ1) is 7.63. The van der Waals surface area contributed by atoms with Crippen LogP contribution >= 0.6 is 0 Å². The van der Waals surface area contributed by atoms with Crippen LogP contribution in [-0.2, 0) is 6.54 Å². The zero-order valence-electron chi connectivity index (χ0n) is 9.79. The number of halogens is 1. The lowest BCUT2D eigenvalue weighted by Crippen LogP contribution is -2.21. The summed E-state index contributed by atoms with van der Waals surface area (Å²) in [5, 5.41) is 3.23. The summed E-state index contributed by atoms with van der Waals surface area (Å²) in [4.78, 5) is 0. The van der Waals surface area contributed by atoms with Crippen LogP contribution in [0.1, 0.15) is 19.4 Å². The van der Waals surface area contributed by atoms with Crippen LogP contribution in [0.5, 0.6) is 5.75 Å². The highest BCUT2D eigenvalue weighted by molar-refractivity contribution is 5.29. The minimum Gasteiger partial charge on any atom is -0.486 e. The summed E-state index contributed by atoms with van der Waals surface area (Å²) in [6, 6.07) is 5.39. The molecular weight excluding hydrogens is 205 g/mol. The van der Waals surface area contributed by atoms with Crippen molar-refractivity contribution in [2.75, 3.05) is 6.61 Å². The van der Waals surface area contributed by atoms with E-state index < -0.39 is 0 Å². The molecule has 0 aromatic heterocycles. The van der Waals surface area contributed by atoms with E-state index in [2.05, 4.69) is 25.7 Å². The molecule has 0 aliphatic rings. The van der Waals surface area contributed by atoms with Crippen LogP contribution < -0.4 is 10.1 Å². The molecular formula is C13H18FNO. The maximum absolute atomic E-state index is 13.5. The van der Waals surface area contributed by atoms with Crippen molar-refractivity contribution in [2.45, 2.75) is 26.4 Å². The second-order valence-electron chi connectivity index (χ2n) is 3.90. The quantitative estimate of drug-likeness (QED) is 0.749. The van der Waals surface area contributed by atoms with Crippen molar-refractivity contribution >= 4 is 0 Å². The third kappa shape index (κ3) is 4.03. The van der Waals surface area contributed by atoms with E-state index in [4.69, 9.17) is 4.74 Å². The minimum absolute atomic E-state index is 0.271. The van der Waals surface area contributed by atoms with E-state index in [1.807, 2.05) is 6.07 Å². The monoisotopic (exact) mass is 223 g/mol. The first kappa shape index (κ1) is 12.7. The van der Waals surface area contributed by atoms with E-state index in [1.54, 1.807) is 12.1 Å². The molecule has 88 valence electrons. The minimum atomic E-state index is -0.329. The fourth-order valence-corrected chi connectivity index (χ4v) is 1.24. The normalized spacial score (nSPS) is 10.5. The zero-order valence-corrected chi connectivity index (χ0v) is 9.79. The fourth-order valence-electron chi connectivity index (χ4n) is 1.24. The SMILES string of the molecule is C=CCOc1ccc(CNC(C)C)cc1F. The van der Waals surface area contributed by atoms with Crippen LogP contribution in [0, 0.1) is 5.82 Å². The molecule has 0 atom stereocenters. The van der Waals surface area contributed by atoms with Gasteiger partial charge < -0.3 is 10.1 Å². The van der Waals surface area contributed by atoms with E-state index >= 15 is 0 Å². The molecule has 0 bridgehead atoms. The highest BCUT2D eigenvalue weighted by Crippen LogP contribution is 2.18. The highest BCUT2D eigenvalue weighted by Gasteiger charge is 2.04. The van der Waals surface area contributed by atoms with Crippen LogP contribution in [0.2, 0.25) is 0 Å². The van der Waals surface area contributed by atoms with Gasteiger partial charge in [-0.2, -0.15) is 0 Å². The number of ether oxygens (including phenoxy) is 1. The van der Waals surface area contributed by atoms with Crippen LogP contribution in [0.4, 0.5) is 4.39 Å². The van der Waals surface area contributed by atoms with Gasteiger partial charge in [-0.25, -0.2) is 4.39 Å². The predicted molar refractivity (Wildman–Crippen MR) is 64.1 cm³/mol. The summed E-state index contributed by atoms with van der Waals surface area (Å²) in [5.41, 5.74) is 0.914. The molecule has 1 aromatic rings. The van der Waals surface area contributed by atoms with Gasteiger partial charge in [-0.15, -0.1) is 0 Å². The molecule has 0 saturated heterocycles. The van der Waals surface area contributed by atoms with Gasteiger partial charge in [0.05, 0.1) is 0 Å². The second kappa shape index (κ2) is 6.28. The Balaban J connectivity index is 2.63. The molecule has 1 N–H and O–H groups in total. The maximum Gasteiger partial charge on any atom is 0.165 e. The highest BCUT2D eigenvalue weighted by atomic mass is 19.1. The van der Waals surface area contributed by atoms with Gasteiger partial charge in [-0.05, 0) is 17.7 Å². The first-order valence-electron chi connectivity index (χ1n) is 5.39. The molecule has 0 saturated carbocycles. The van der Waals surface area contributed by atoms with E-state index in [-0.39, 0.29) is 11.6 Å². The Morgan fingerprint density at radius 3 is 2.81 bits per heavy atom. The predicted octanol–water partition coefficient (Wildman–Crippen LogP) is 2.89. The summed E-state index contributed by atoms with van der Waals surface area (Å²) < 4.78 is 18.7. The van der Waals surface area contributed by atoms with Gasteiger partial charge in [0.2, 0.25) is 0 Å². The Kier molecular flexibility index (Phi) is 4.99. The lowest BCUT2D eigenvalue weighted by molar-refractivity contribution is 0.341. The first-order valence-corrected chi connectivity index (χ1v) is 5.39. The summed E-state index contributed by atoms with van der Waals surface area (Å²) >= 11 is 0. The standard InChI is InChI=1S/C13H18FNO/c1-4-7-16-13-6-5-11(8-12(13)14)9-15-10(2)3/h4-6,8,10,15H,1,7,9H2,2-3H3. The molecule has 1 aromatic carbocycles. The number of hydrogen-bond acceptors (Lipinski definition) is 2. The Labute approximate surface area is 96.1 Å². The van der Waals surface area contributed by atoms with Crippen molar-refractivity contribution in [3.05, 3.63) is 42.2 Å². The summed E-state index contributed by atoms with van der Waals surface area (Å²) in [6.45, 7) is 8.60. The van der Waals surface area contributed by atoms with Crippen molar-refractivity contribution in [3.8, 4) is 5.75 Å². The van der Waals surface area contributed by atoms with Gasteiger partial charge in [-0.1, -0.05) is 32.6 Å². The summed E-state index contributed by atoms with van der Waals surface area (Å²) in [5.74, 6) is -0.0573. The topological polar surface area (TPSA) is 21.3 Å². The third-order valence-electron chi connectivity index (χ3n) is 2.07. The molecule has 0 radical (unpaired) electrons. The van der Waals surface area contributed by atoms with E-state index in [9.17, 15) is 4.39 Å². The third-order valence-corrected chi connectivity index (χ3v) is 2.07. The van der Waals surface area contributed by atoms with Crippen LogP contribution in [-0.4, -0.2) is 12.6 Å². The van der Waals surface area contributed by atoms with Gasteiger partial charge in [0.15, 0.2) is 11.6 Å². The number of benzene rings is 1. The molecule has 16 heavy (non-hydrogen) atoms. The van der Waals surface area contributed by atoms with Crippen molar-refractivity contribution in [3.63, 3.8) is 0 Å². The van der Waals surface area contributed by atoms with E-state index in [1.165, 1.54) is 6.07 Å². The molecule has 0 unspecified atom stereocenters. The van der Waals surface area contributed by atoms with Crippen molar-refractivity contribution in [2.24, 2.45) is 0 Å². The number of hydrogen-bond donors (Lipinski definition) is 1. The molecule has 3 heteroatoms. The van der Waals surface area contributed by atoms with Gasteiger partial charge in [0.1, 0.15) is 6.61 Å². The van der Waals surface area contributed by atoms with Crippen molar-refractivity contribution < 1.29 is 9.13 Å². The molecule has 0 aliphatic carbocycles. The van der Waals surface area contributed by atoms with E-state index in [0.717, 1.165) is 5.56 Å². The van der Waals surface area contributed by atoms with Gasteiger partial charge in [0.25, 0.3) is 0 Å². The molecule has 0 heterocycles. The molecule has 0 amide bonds. The summed E-state index contributed by atoms with van der Waals surface area (Å²) in [6.07, 6.45) is 1.59. The lowest BCUT2D eigenvalue weighted by atomic mass is 10.2. The second-order valence-corrected chi connectivity index (χ2v) is 3.90. The lowest BCUT2D eigenvalue weighted by Gasteiger charge is -2.10. The van der Waals surface area contributed by atoms with E-state index in [0.29, 0.717) is 19.2 Å². The van der Waals surface area contributed by atoms with Gasteiger partial charge in [0, 0.05) is 12.6 Å². The van der Waals surface area contributed by atoms with Crippen molar-refractivity contribution in [1.82, 2.24) is 5.32 Å². The average molecular weight is 223 g/mol. The Morgan fingerprint density at radius 2 is 2.25 bits per heavy atom. The molecule has 0 aliphatic heterocycles. The van der Waals surface area contributed by atoms with Crippen molar-refractivity contribution in [1.29, 1.82) is 0 Å². The molecule has 0 fully saturated rings. The smallest absolute Gasteiger partial charge is 0.165 e. The largest absolute Gasteiger partial charge is 0.486 e. The average Bonchev–Trinajstić information content (AvgIpc) is 2.25. The Morgan fingerprint density at radius 1 is 1.50 bits per heavy atom. The molecule has 1 rings (SSSR count). The van der Waals surface area contributed by atoms with Crippen LogP contribution in [0.25, 0.3) is 0 Å². The number of rotatable bonds is 6. The number of nitrogens with one attached hydrogen (secondary N) is 1. The Bertz CT molecular complexity index is 350.